The Kier molecular flexibility index (Phi) is 3.50. The highest BCUT2D eigenvalue weighted by Gasteiger charge is 2.23. The van der Waals surface area contributed by atoms with E-state index in [-0.39, 0.29) is 5.75 Å². The highest BCUT2D eigenvalue weighted by Crippen LogP contribution is 2.23. The molecule has 0 fully saturated rings. The minimum atomic E-state index is -3.26. The Morgan fingerprint density at radius 1 is 1.14 bits per heavy atom. The van der Waals surface area contributed by atoms with Gasteiger partial charge in [-0.05, 0) is 29.5 Å². The van der Waals surface area contributed by atoms with Gasteiger partial charge >= 0.3 is 6.11 Å². The van der Waals surface area contributed by atoms with Gasteiger partial charge in [-0.2, -0.15) is 8.78 Å². The van der Waals surface area contributed by atoms with Gasteiger partial charge in [0.2, 0.25) is 5.82 Å². The highest BCUT2D eigenvalue weighted by atomic mass is 19.3. The zero-order valence-electron chi connectivity index (χ0n) is 11.5. The molecule has 0 saturated heterocycles. The molecule has 2 aromatic heterocycles. The van der Waals surface area contributed by atoms with Crippen LogP contribution in [0.5, 0.6) is 5.75 Å². The fraction of sp³-hybridized carbons (Fsp3) is 0.143. The Hall–Kier alpha value is -2.90. The fourth-order valence-corrected chi connectivity index (χ4v) is 1.80. The maximum absolute atomic E-state index is 12.9. The lowest BCUT2D eigenvalue weighted by molar-refractivity contribution is -0.158. The number of ether oxygens (including phenoxy) is 1. The lowest BCUT2D eigenvalue weighted by Gasteiger charge is -2.13. The summed E-state index contributed by atoms with van der Waals surface area (Å²) < 4.78 is 30.3. The molecule has 22 heavy (non-hydrogen) atoms. The molecule has 0 aliphatic rings. The summed E-state index contributed by atoms with van der Waals surface area (Å²) in [4.78, 5) is 5.35. The van der Waals surface area contributed by atoms with Crippen molar-refractivity contribution in [1.29, 1.82) is 0 Å². The van der Waals surface area contributed by atoms with Crippen LogP contribution in [0.25, 0.3) is 17.2 Å². The molecule has 0 atom stereocenters. The lowest BCUT2D eigenvalue weighted by Crippen LogP contribution is -2.19. The largest absolute Gasteiger partial charge is 0.433 e. The SMILES string of the molecule is CC(F)(F)Oc1cccc(-n2nnc(-c3ccccn3)n2)c1. The number of nitrogens with zero attached hydrogens (tertiary/aromatic N) is 5. The lowest BCUT2D eigenvalue weighted by atomic mass is 10.3. The van der Waals surface area contributed by atoms with Gasteiger partial charge in [-0.3, -0.25) is 4.98 Å². The number of rotatable bonds is 4. The minimum absolute atomic E-state index is 0.0155. The molecule has 3 aromatic rings. The second kappa shape index (κ2) is 5.47. The average Bonchev–Trinajstić information content (AvgIpc) is 2.96. The maximum Gasteiger partial charge on any atom is 0.394 e. The second-order valence-corrected chi connectivity index (χ2v) is 4.52. The van der Waals surface area contributed by atoms with Gasteiger partial charge in [0.05, 0.1) is 5.69 Å². The molecule has 0 N–H and O–H groups in total. The second-order valence-electron chi connectivity index (χ2n) is 4.52. The van der Waals surface area contributed by atoms with E-state index in [9.17, 15) is 8.78 Å². The van der Waals surface area contributed by atoms with Crippen LogP contribution in [-0.2, 0) is 0 Å². The van der Waals surface area contributed by atoms with E-state index in [4.69, 9.17) is 0 Å². The summed E-state index contributed by atoms with van der Waals surface area (Å²) in [7, 11) is 0. The fourth-order valence-electron chi connectivity index (χ4n) is 1.80. The minimum Gasteiger partial charge on any atom is -0.433 e. The van der Waals surface area contributed by atoms with Crippen molar-refractivity contribution in [1.82, 2.24) is 25.2 Å². The number of alkyl halides is 2. The molecule has 0 unspecified atom stereocenters. The molecule has 2 heterocycles. The van der Waals surface area contributed by atoms with Gasteiger partial charge < -0.3 is 4.74 Å². The van der Waals surface area contributed by atoms with Crippen molar-refractivity contribution >= 4 is 0 Å². The Morgan fingerprint density at radius 3 is 2.73 bits per heavy atom. The molecule has 3 rings (SSSR count). The van der Waals surface area contributed by atoms with E-state index < -0.39 is 6.11 Å². The van der Waals surface area contributed by atoms with E-state index in [0.717, 1.165) is 0 Å². The molecule has 112 valence electrons. The standard InChI is InChI=1S/C14H11F2N5O/c1-14(15,16)22-11-6-4-5-10(9-11)21-19-13(18-20-21)12-7-2-3-8-17-12/h2-9H,1H3. The van der Waals surface area contributed by atoms with E-state index in [1.807, 2.05) is 0 Å². The number of pyridine rings is 1. The third-order valence-electron chi connectivity index (χ3n) is 2.65. The van der Waals surface area contributed by atoms with Crippen LogP contribution < -0.4 is 4.74 Å². The maximum atomic E-state index is 12.9. The molecule has 0 aliphatic heterocycles. The van der Waals surface area contributed by atoms with Crippen LogP contribution >= 0.6 is 0 Å². The van der Waals surface area contributed by atoms with Gasteiger partial charge in [0.1, 0.15) is 11.4 Å². The molecule has 0 spiro atoms. The smallest absolute Gasteiger partial charge is 0.394 e. The van der Waals surface area contributed by atoms with Crippen molar-refractivity contribution in [2.75, 3.05) is 0 Å². The Balaban J connectivity index is 1.89. The summed E-state index contributed by atoms with van der Waals surface area (Å²) in [6, 6.07) is 11.4. The zero-order chi connectivity index (χ0) is 15.6. The van der Waals surface area contributed by atoms with Crippen LogP contribution in [0.15, 0.2) is 48.7 Å². The first-order valence-corrected chi connectivity index (χ1v) is 6.40. The van der Waals surface area contributed by atoms with Gasteiger partial charge in [0.25, 0.3) is 0 Å². The first-order chi connectivity index (χ1) is 10.5. The summed E-state index contributed by atoms with van der Waals surface area (Å²) in [6.07, 6.45) is -1.64. The Morgan fingerprint density at radius 2 is 2.00 bits per heavy atom. The van der Waals surface area contributed by atoms with Crippen molar-refractivity contribution < 1.29 is 13.5 Å². The topological polar surface area (TPSA) is 65.7 Å². The molecular weight excluding hydrogens is 292 g/mol. The van der Waals surface area contributed by atoms with E-state index >= 15 is 0 Å². The van der Waals surface area contributed by atoms with Crippen LogP contribution in [0.1, 0.15) is 6.92 Å². The molecule has 0 amide bonds. The summed E-state index contributed by atoms with van der Waals surface area (Å²) in [5, 5.41) is 12.0. The number of aromatic nitrogens is 5. The number of hydrogen-bond acceptors (Lipinski definition) is 5. The van der Waals surface area contributed by atoms with Crippen LogP contribution in [0, 0.1) is 0 Å². The Bertz CT molecular complexity index is 770. The van der Waals surface area contributed by atoms with Crippen LogP contribution in [0.4, 0.5) is 8.78 Å². The number of halogens is 2. The number of benzene rings is 1. The highest BCUT2D eigenvalue weighted by molar-refractivity contribution is 5.47. The van der Waals surface area contributed by atoms with Crippen LogP contribution in [-0.4, -0.2) is 31.3 Å². The first-order valence-electron chi connectivity index (χ1n) is 6.40. The summed E-state index contributed by atoms with van der Waals surface area (Å²) in [6.45, 7) is 0.673. The molecule has 1 aromatic carbocycles. The van der Waals surface area contributed by atoms with Gasteiger partial charge in [-0.1, -0.05) is 12.1 Å². The molecule has 0 bridgehead atoms. The van der Waals surface area contributed by atoms with Gasteiger partial charge in [-0.25, -0.2) is 0 Å². The summed E-state index contributed by atoms with van der Waals surface area (Å²) in [5.74, 6) is 0.356. The summed E-state index contributed by atoms with van der Waals surface area (Å²) in [5.41, 5.74) is 1.03. The van der Waals surface area contributed by atoms with Gasteiger partial charge in [0, 0.05) is 19.2 Å². The Labute approximate surface area is 124 Å². The molecule has 6 nitrogen and oxygen atoms in total. The molecule has 0 aliphatic carbocycles. The van der Waals surface area contributed by atoms with E-state index in [0.29, 0.717) is 24.1 Å². The number of tetrazole rings is 1. The van der Waals surface area contributed by atoms with Crippen LogP contribution in [0.2, 0.25) is 0 Å². The van der Waals surface area contributed by atoms with Crippen molar-refractivity contribution in [3.8, 4) is 23.0 Å². The third kappa shape index (κ3) is 3.22. The van der Waals surface area contributed by atoms with E-state index in [1.54, 1.807) is 36.5 Å². The molecule has 0 radical (unpaired) electrons. The predicted octanol–water partition coefficient (Wildman–Crippen LogP) is 2.72. The quantitative estimate of drug-likeness (QED) is 0.741. The monoisotopic (exact) mass is 303 g/mol. The van der Waals surface area contributed by atoms with Crippen molar-refractivity contribution in [3.63, 3.8) is 0 Å². The van der Waals surface area contributed by atoms with Crippen molar-refractivity contribution in [3.05, 3.63) is 48.7 Å². The van der Waals surface area contributed by atoms with Crippen molar-refractivity contribution in [2.45, 2.75) is 13.0 Å². The van der Waals surface area contributed by atoms with Gasteiger partial charge in [-0.15, -0.1) is 15.0 Å². The van der Waals surface area contributed by atoms with Crippen molar-refractivity contribution in [2.24, 2.45) is 0 Å². The summed E-state index contributed by atoms with van der Waals surface area (Å²) >= 11 is 0. The molecule has 8 heteroatoms. The van der Waals surface area contributed by atoms with E-state index in [1.165, 1.54) is 16.9 Å². The molecular formula is C14H11F2N5O. The predicted molar refractivity (Wildman–Crippen MR) is 73.6 cm³/mol. The molecule has 0 saturated carbocycles. The average molecular weight is 303 g/mol. The zero-order valence-corrected chi connectivity index (χ0v) is 11.5. The third-order valence-corrected chi connectivity index (χ3v) is 2.65. The van der Waals surface area contributed by atoms with E-state index in [2.05, 4.69) is 25.1 Å². The van der Waals surface area contributed by atoms with Crippen LogP contribution in [0.3, 0.4) is 0 Å². The van der Waals surface area contributed by atoms with Gasteiger partial charge in [0.15, 0.2) is 0 Å². The normalized spacial score (nSPS) is 11.4. The first kappa shape index (κ1) is 14.1. The number of hydrogen-bond donors (Lipinski definition) is 0.